The van der Waals surface area contributed by atoms with Crippen LogP contribution in [0, 0.1) is 0 Å². The molecule has 1 rings (SSSR count). The number of hydrogen-bond donors (Lipinski definition) is 1. The number of nitrogens with zero attached hydrogens (tertiary/aromatic N) is 1. The van der Waals surface area contributed by atoms with Crippen LogP contribution < -0.4 is 5.32 Å². The number of sulfone groups is 1. The van der Waals surface area contributed by atoms with E-state index in [1.165, 1.54) is 37.3 Å². The van der Waals surface area contributed by atoms with Crippen molar-refractivity contribution in [2.45, 2.75) is 11.8 Å². The zero-order chi connectivity index (χ0) is 12.9. The van der Waals surface area contributed by atoms with Gasteiger partial charge in [-0.2, -0.15) is 4.99 Å². The number of carbonyl (C=O) groups is 1. The van der Waals surface area contributed by atoms with E-state index >= 15 is 0 Å². The number of amides is 1. The lowest BCUT2D eigenvalue weighted by Crippen LogP contribution is -2.07. The molecule has 0 atom stereocenters. The molecule has 0 fully saturated rings. The van der Waals surface area contributed by atoms with Crippen LogP contribution in [0.1, 0.15) is 6.92 Å². The first-order chi connectivity index (χ1) is 7.95. The smallest absolute Gasteiger partial charge is 0.236 e. The molecule has 1 N–H and O–H groups in total. The molecule has 7 heteroatoms. The Kier molecular flexibility index (Phi) is 4.14. The van der Waals surface area contributed by atoms with E-state index in [1.54, 1.807) is 0 Å². The fourth-order valence-corrected chi connectivity index (χ4v) is 2.06. The zero-order valence-electron chi connectivity index (χ0n) is 9.00. The summed E-state index contributed by atoms with van der Waals surface area (Å²) in [5.74, 6) is -0.873. The minimum absolute atomic E-state index is 0.0330. The van der Waals surface area contributed by atoms with Crippen LogP contribution in [-0.4, -0.2) is 26.3 Å². The van der Waals surface area contributed by atoms with Crippen LogP contribution in [0.2, 0.25) is 0 Å². The normalized spacial score (nSPS) is 10.4. The highest BCUT2D eigenvalue weighted by Gasteiger charge is 2.13. The Morgan fingerprint density at radius 2 is 1.94 bits per heavy atom. The standard InChI is InChI=1S/C10H10N2O4S/c1-8(14)12-9-2-4-10(5-3-9)17(15,16)7-11-6-13/h2-5H,7H2,1H3,(H,12,14). The molecule has 1 aromatic carbocycles. The van der Waals surface area contributed by atoms with E-state index in [1.807, 2.05) is 0 Å². The maximum atomic E-state index is 11.6. The molecular weight excluding hydrogens is 244 g/mol. The van der Waals surface area contributed by atoms with Gasteiger partial charge in [-0.1, -0.05) is 0 Å². The summed E-state index contributed by atoms with van der Waals surface area (Å²) in [6.45, 7) is 1.35. The van der Waals surface area contributed by atoms with Crippen molar-refractivity contribution in [3.05, 3.63) is 24.3 Å². The van der Waals surface area contributed by atoms with Gasteiger partial charge in [-0.15, -0.1) is 0 Å². The lowest BCUT2D eigenvalue weighted by Gasteiger charge is -2.03. The first-order valence-corrected chi connectivity index (χ1v) is 6.25. The first-order valence-electron chi connectivity index (χ1n) is 4.60. The highest BCUT2D eigenvalue weighted by Crippen LogP contribution is 2.15. The summed E-state index contributed by atoms with van der Waals surface area (Å²) in [6, 6.07) is 5.58. The lowest BCUT2D eigenvalue weighted by molar-refractivity contribution is -0.114. The van der Waals surface area contributed by atoms with Crippen LogP contribution >= 0.6 is 0 Å². The van der Waals surface area contributed by atoms with Gasteiger partial charge in [-0.25, -0.2) is 13.2 Å². The molecular formula is C10H10N2O4S. The Morgan fingerprint density at radius 3 is 2.41 bits per heavy atom. The van der Waals surface area contributed by atoms with Gasteiger partial charge >= 0.3 is 0 Å². The van der Waals surface area contributed by atoms with E-state index in [0.29, 0.717) is 5.69 Å². The quantitative estimate of drug-likeness (QED) is 0.632. The van der Waals surface area contributed by atoms with E-state index in [4.69, 9.17) is 0 Å². The summed E-state index contributed by atoms with van der Waals surface area (Å²) < 4.78 is 23.1. The van der Waals surface area contributed by atoms with Gasteiger partial charge in [0.1, 0.15) is 0 Å². The zero-order valence-corrected chi connectivity index (χ0v) is 9.82. The van der Waals surface area contributed by atoms with Crippen LogP contribution in [0.3, 0.4) is 0 Å². The van der Waals surface area contributed by atoms with E-state index < -0.39 is 15.7 Å². The maximum Gasteiger partial charge on any atom is 0.236 e. The average molecular weight is 254 g/mol. The topological polar surface area (TPSA) is 92.7 Å². The minimum atomic E-state index is -3.61. The molecule has 1 aromatic rings. The largest absolute Gasteiger partial charge is 0.326 e. The van der Waals surface area contributed by atoms with Gasteiger partial charge in [0.05, 0.1) is 4.90 Å². The number of rotatable bonds is 4. The molecule has 0 unspecified atom stereocenters. The van der Waals surface area contributed by atoms with Crippen molar-refractivity contribution in [2.75, 3.05) is 11.2 Å². The third-order valence-electron chi connectivity index (χ3n) is 1.83. The molecule has 17 heavy (non-hydrogen) atoms. The fraction of sp³-hybridized carbons (Fsp3) is 0.200. The predicted octanol–water partition coefficient (Wildman–Crippen LogP) is 0.712. The van der Waals surface area contributed by atoms with Crippen LogP contribution in [0.5, 0.6) is 0 Å². The summed E-state index contributed by atoms with van der Waals surface area (Å²) in [5, 5.41) is 2.51. The van der Waals surface area contributed by atoms with Crippen molar-refractivity contribution in [1.82, 2.24) is 0 Å². The molecule has 6 nitrogen and oxygen atoms in total. The van der Waals surface area contributed by atoms with Gasteiger partial charge in [0.25, 0.3) is 0 Å². The highest BCUT2D eigenvalue weighted by atomic mass is 32.2. The summed E-state index contributed by atoms with van der Waals surface area (Å²) in [7, 11) is -3.61. The van der Waals surface area contributed by atoms with Gasteiger partial charge in [0, 0.05) is 12.6 Å². The summed E-state index contributed by atoms with van der Waals surface area (Å²) in [6.07, 6.45) is 1.17. The third-order valence-corrected chi connectivity index (χ3v) is 3.29. The monoisotopic (exact) mass is 254 g/mol. The number of benzene rings is 1. The van der Waals surface area contributed by atoms with E-state index in [2.05, 4.69) is 10.3 Å². The number of nitrogens with one attached hydrogen (secondary N) is 1. The number of aliphatic imine (C=N–C) groups is 1. The Morgan fingerprint density at radius 1 is 1.35 bits per heavy atom. The fourth-order valence-electron chi connectivity index (χ4n) is 1.13. The Labute approximate surface area is 98.3 Å². The van der Waals surface area contributed by atoms with Crippen LogP contribution in [-0.2, 0) is 19.4 Å². The van der Waals surface area contributed by atoms with Crippen LogP contribution in [0.15, 0.2) is 34.2 Å². The van der Waals surface area contributed by atoms with Crippen molar-refractivity contribution >= 4 is 27.5 Å². The van der Waals surface area contributed by atoms with Crippen LogP contribution in [0.25, 0.3) is 0 Å². The molecule has 0 bridgehead atoms. The predicted molar refractivity (Wildman–Crippen MR) is 60.9 cm³/mol. The number of carbonyl (C=O) groups excluding carboxylic acids is 2. The second kappa shape index (κ2) is 5.38. The van der Waals surface area contributed by atoms with Gasteiger partial charge < -0.3 is 5.32 Å². The molecule has 0 heterocycles. The van der Waals surface area contributed by atoms with Crippen molar-refractivity contribution < 1.29 is 18.0 Å². The Balaban J connectivity index is 2.94. The number of isocyanates is 1. The molecule has 0 spiro atoms. The molecule has 1 amide bonds. The second-order valence-electron chi connectivity index (χ2n) is 3.20. The second-order valence-corrected chi connectivity index (χ2v) is 5.16. The van der Waals surface area contributed by atoms with Gasteiger partial charge in [-0.05, 0) is 24.3 Å². The Hall–Kier alpha value is -1.98. The van der Waals surface area contributed by atoms with E-state index in [0.717, 1.165) is 0 Å². The maximum absolute atomic E-state index is 11.6. The van der Waals surface area contributed by atoms with Gasteiger partial charge in [0.2, 0.25) is 12.0 Å². The van der Waals surface area contributed by atoms with Crippen molar-refractivity contribution in [3.63, 3.8) is 0 Å². The molecule has 0 saturated heterocycles. The summed E-state index contributed by atoms with van der Waals surface area (Å²) in [5.41, 5.74) is 0.496. The number of hydrogen-bond acceptors (Lipinski definition) is 5. The van der Waals surface area contributed by atoms with Crippen molar-refractivity contribution in [2.24, 2.45) is 4.99 Å². The van der Waals surface area contributed by atoms with Gasteiger partial charge in [-0.3, -0.25) is 4.79 Å². The SMILES string of the molecule is CC(=O)Nc1ccc(S(=O)(=O)CN=C=O)cc1. The van der Waals surface area contributed by atoms with E-state index in [-0.39, 0.29) is 10.8 Å². The molecule has 0 aromatic heterocycles. The summed E-state index contributed by atoms with van der Waals surface area (Å²) >= 11 is 0. The lowest BCUT2D eigenvalue weighted by atomic mass is 10.3. The Bertz CT molecular complexity index is 556. The van der Waals surface area contributed by atoms with Gasteiger partial charge in [0.15, 0.2) is 15.7 Å². The number of anilines is 1. The van der Waals surface area contributed by atoms with Crippen molar-refractivity contribution in [3.8, 4) is 0 Å². The molecule has 0 radical (unpaired) electrons. The van der Waals surface area contributed by atoms with E-state index in [9.17, 15) is 18.0 Å². The molecule has 90 valence electrons. The third kappa shape index (κ3) is 3.82. The van der Waals surface area contributed by atoms with Crippen molar-refractivity contribution in [1.29, 1.82) is 0 Å². The van der Waals surface area contributed by atoms with Crippen LogP contribution in [0.4, 0.5) is 5.69 Å². The highest BCUT2D eigenvalue weighted by molar-refractivity contribution is 7.91. The molecule has 0 saturated carbocycles. The minimum Gasteiger partial charge on any atom is -0.326 e. The summed E-state index contributed by atoms with van der Waals surface area (Å²) in [4.78, 5) is 23.7. The molecule has 0 aliphatic carbocycles. The molecule has 0 aliphatic rings. The first kappa shape index (κ1) is 13.1. The molecule has 0 aliphatic heterocycles. The average Bonchev–Trinajstić information content (AvgIpc) is 2.26.